The van der Waals surface area contributed by atoms with Gasteiger partial charge in [-0.1, -0.05) is 11.8 Å². The molecule has 0 fully saturated rings. The lowest BCUT2D eigenvalue weighted by atomic mass is 10.3. The van der Waals surface area contributed by atoms with Crippen LogP contribution < -0.4 is 0 Å². The maximum absolute atomic E-state index is 9.21. The first-order chi connectivity index (χ1) is 7.22. The molecule has 3 nitrogen and oxygen atoms in total. The van der Waals surface area contributed by atoms with Crippen molar-refractivity contribution in [1.82, 2.24) is 9.55 Å². The molecule has 0 saturated carbocycles. The Kier molecular flexibility index (Phi) is 3.02. The fourth-order valence-electron chi connectivity index (χ4n) is 1.29. The number of imidazole rings is 1. The molecule has 0 saturated heterocycles. The van der Waals surface area contributed by atoms with Crippen LogP contribution >= 0.6 is 27.7 Å². The van der Waals surface area contributed by atoms with Crippen molar-refractivity contribution in [3.8, 4) is 11.4 Å². The molecule has 0 bridgehead atoms. The summed E-state index contributed by atoms with van der Waals surface area (Å²) in [4.78, 5) is 4.25. The summed E-state index contributed by atoms with van der Waals surface area (Å²) in [6.45, 7) is 0. The first-order valence-corrected chi connectivity index (χ1v) is 6.31. The molecule has 1 aromatic heterocycles. The highest BCUT2D eigenvalue weighted by Crippen LogP contribution is 2.25. The van der Waals surface area contributed by atoms with Crippen molar-refractivity contribution in [2.24, 2.45) is 0 Å². The molecule has 1 aromatic carbocycles. The van der Waals surface area contributed by atoms with E-state index in [1.165, 1.54) is 0 Å². The maximum Gasteiger partial charge on any atom is 0.173 e. The Morgan fingerprint density at radius 2 is 2.00 bits per heavy atom. The average molecular weight is 285 g/mol. The van der Waals surface area contributed by atoms with Crippen molar-refractivity contribution in [3.05, 3.63) is 35.1 Å². The average Bonchev–Trinajstić information content (AvgIpc) is 2.61. The van der Waals surface area contributed by atoms with Crippen LogP contribution in [-0.2, 0) is 0 Å². The van der Waals surface area contributed by atoms with Crippen LogP contribution in [0.3, 0.4) is 0 Å². The smallest absolute Gasteiger partial charge is 0.173 e. The Morgan fingerprint density at radius 1 is 1.33 bits per heavy atom. The summed E-state index contributed by atoms with van der Waals surface area (Å²) in [5, 5.41) is 10.1. The van der Waals surface area contributed by atoms with Crippen LogP contribution in [0.15, 0.2) is 40.2 Å². The summed E-state index contributed by atoms with van der Waals surface area (Å²) in [7, 11) is 0. The fourth-order valence-corrected chi connectivity index (χ4v) is 2.43. The Hall–Kier alpha value is -0.940. The number of phenolic OH excluding ortho intramolecular Hbond substituents is 1. The predicted octanol–water partition coefficient (Wildman–Crippen LogP) is 3.06. The lowest BCUT2D eigenvalue weighted by Gasteiger charge is -2.07. The zero-order chi connectivity index (χ0) is 10.8. The van der Waals surface area contributed by atoms with Crippen LogP contribution in [0.2, 0.25) is 0 Å². The fraction of sp³-hybridized carbons (Fsp3) is 0.100. The van der Waals surface area contributed by atoms with Gasteiger partial charge in [-0.05, 0) is 46.5 Å². The summed E-state index contributed by atoms with van der Waals surface area (Å²) in [6.07, 6.45) is 3.74. The van der Waals surface area contributed by atoms with Gasteiger partial charge in [-0.2, -0.15) is 0 Å². The van der Waals surface area contributed by atoms with E-state index < -0.39 is 0 Å². The largest absolute Gasteiger partial charge is 0.508 e. The van der Waals surface area contributed by atoms with E-state index in [0.29, 0.717) is 0 Å². The number of benzene rings is 1. The van der Waals surface area contributed by atoms with E-state index in [-0.39, 0.29) is 5.75 Å². The number of hydrogen-bond acceptors (Lipinski definition) is 3. The molecule has 0 radical (unpaired) electrons. The molecule has 0 amide bonds. The first-order valence-electron chi connectivity index (χ1n) is 4.29. The molecule has 15 heavy (non-hydrogen) atoms. The van der Waals surface area contributed by atoms with Gasteiger partial charge in [0.1, 0.15) is 10.4 Å². The highest BCUT2D eigenvalue weighted by molar-refractivity contribution is 9.10. The molecule has 0 aliphatic carbocycles. The van der Waals surface area contributed by atoms with Gasteiger partial charge >= 0.3 is 0 Å². The molecular weight excluding hydrogens is 276 g/mol. The van der Waals surface area contributed by atoms with Gasteiger partial charge in [0.15, 0.2) is 5.16 Å². The van der Waals surface area contributed by atoms with Gasteiger partial charge in [-0.25, -0.2) is 4.98 Å². The summed E-state index contributed by atoms with van der Waals surface area (Å²) in [5.74, 6) is 0.265. The number of halogens is 1. The monoisotopic (exact) mass is 284 g/mol. The molecule has 0 aliphatic rings. The molecule has 1 heterocycles. The van der Waals surface area contributed by atoms with Gasteiger partial charge in [0, 0.05) is 5.69 Å². The predicted molar refractivity (Wildman–Crippen MR) is 64.7 cm³/mol. The quantitative estimate of drug-likeness (QED) is 0.862. The summed E-state index contributed by atoms with van der Waals surface area (Å²) in [5.41, 5.74) is 0.974. The normalized spacial score (nSPS) is 10.5. The standard InChI is InChI=1S/C10H9BrN2OS/c1-15-10-12-6-9(11)13(10)7-2-4-8(14)5-3-7/h2-6,14H,1H3. The van der Waals surface area contributed by atoms with E-state index in [9.17, 15) is 5.11 Å². The van der Waals surface area contributed by atoms with E-state index in [0.717, 1.165) is 15.4 Å². The molecule has 0 aliphatic heterocycles. The van der Waals surface area contributed by atoms with Crippen LogP contribution in [0.4, 0.5) is 0 Å². The Labute approximate surface area is 100 Å². The van der Waals surface area contributed by atoms with E-state index in [2.05, 4.69) is 20.9 Å². The zero-order valence-corrected chi connectivity index (χ0v) is 10.4. The molecular formula is C10H9BrN2OS. The Balaban J connectivity index is 2.52. The second-order valence-electron chi connectivity index (χ2n) is 2.92. The van der Waals surface area contributed by atoms with Crippen LogP contribution in [0.25, 0.3) is 5.69 Å². The summed E-state index contributed by atoms with van der Waals surface area (Å²) in [6, 6.07) is 7.01. The molecule has 0 unspecified atom stereocenters. The van der Waals surface area contributed by atoms with Crippen LogP contribution in [-0.4, -0.2) is 20.9 Å². The van der Waals surface area contributed by atoms with Gasteiger partial charge in [-0.15, -0.1) is 0 Å². The van der Waals surface area contributed by atoms with Crippen LogP contribution in [0, 0.1) is 0 Å². The second kappa shape index (κ2) is 4.28. The maximum atomic E-state index is 9.21. The van der Waals surface area contributed by atoms with E-state index in [1.807, 2.05) is 23.0 Å². The topological polar surface area (TPSA) is 38.0 Å². The number of nitrogens with zero attached hydrogens (tertiary/aromatic N) is 2. The summed E-state index contributed by atoms with van der Waals surface area (Å²) < 4.78 is 2.88. The highest BCUT2D eigenvalue weighted by atomic mass is 79.9. The van der Waals surface area contributed by atoms with Crippen LogP contribution in [0.1, 0.15) is 0 Å². The number of phenols is 1. The van der Waals surface area contributed by atoms with E-state index in [4.69, 9.17) is 0 Å². The molecule has 2 rings (SSSR count). The third kappa shape index (κ3) is 2.03. The van der Waals surface area contributed by atoms with Crippen molar-refractivity contribution >= 4 is 27.7 Å². The molecule has 0 atom stereocenters. The number of aromatic nitrogens is 2. The van der Waals surface area contributed by atoms with Crippen LogP contribution in [0.5, 0.6) is 5.75 Å². The van der Waals surface area contributed by atoms with Crippen molar-refractivity contribution in [2.45, 2.75) is 5.16 Å². The van der Waals surface area contributed by atoms with Gasteiger partial charge in [-0.3, -0.25) is 4.57 Å². The Morgan fingerprint density at radius 3 is 2.60 bits per heavy atom. The van der Waals surface area contributed by atoms with Gasteiger partial charge < -0.3 is 5.11 Å². The minimum absolute atomic E-state index is 0.265. The molecule has 0 spiro atoms. The van der Waals surface area contributed by atoms with Crippen molar-refractivity contribution in [1.29, 1.82) is 0 Å². The minimum Gasteiger partial charge on any atom is -0.508 e. The third-order valence-corrected chi connectivity index (χ3v) is 3.19. The van der Waals surface area contributed by atoms with Crippen molar-refractivity contribution in [2.75, 3.05) is 6.26 Å². The zero-order valence-electron chi connectivity index (χ0n) is 8.01. The molecule has 5 heteroatoms. The second-order valence-corrected chi connectivity index (χ2v) is 4.51. The first kappa shape index (κ1) is 10.6. The minimum atomic E-state index is 0.265. The molecule has 1 N–H and O–H groups in total. The van der Waals surface area contributed by atoms with E-state index >= 15 is 0 Å². The molecule has 78 valence electrons. The number of hydrogen-bond donors (Lipinski definition) is 1. The number of aromatic hydroxyl groups is 1. The highest BCUT2D eigenvalue weighted by Gasteiger charge is 2.08. The van der Waals surface area contributed by atoms with Crippen molar-refractivity contribution in [3.63, 3.8) is 0 Å². The SMILES string of the molecule is CSc1ncc(Br)n1-c1ccc(O)cc1. The Bertz CT molecular complexity index is 467. The van der Waals surface area contributed by atoms with Gasteiger partial charge in [0.25, 0.3) is 0 Å². The summed E-state index contributed by atoms with van der Waals surface area (Å²) >= 11 is 5.01. The number of rotatable bonds is 2. The van der Waals surface area contributed by atoms with Crippen molar-refractivity contribution < 1.29 is 5.11 Å². The van der Waals surface area contributed by atoms with E-state index in [1.54, 1.807) is 30.1 Å². The number of thioether (sulfide) groups is 1. The van der Waals surface area contributed by atoms with Gasteiger partial charge in [0.2, 0.25) is 0 Å². The molecule has 2 aromatic rings. The van der Waals surface area contributed by atoms with Gasteiger partial charge in [0.05, 0.1) is 6.20 Å². The lowest BCUT2D eigenvalue weighted by Crippen LogP contribution is -1.95. The lowest BCUT2D eigenvalue weighted by molar-refractivity contribution is 0.475. The third-order valence-electron chi connectivity index (χ3n) is 1.98.